The average molecular weight is 246 g/mol. The second-order valence-electron chi connectivity index (χ2n) is 4.88. The summed E-state index contributed by atoms with van der Waals surface area (Å²) in [6.07, 6.45) is 7.32. The molecule has 0 bridgehead atoms. The quantitative estimate of drug-likeness (QED) is 0.523. The lowest BCUT2D eigenvalue weighted by molar-refractivity contribution is -0.0276. The van der Waals surface area contributed by atoms with E-state index in [4.69, 9.17) is 9.47 Å². The Morgan fingerprint density at radius 3 is 2.56 bits per heavy atom. The summed E-state index contributed by atoms with van der Waals surface area (Å²) in [6.45, 7) is 5.76. The number of hydrogen-bond acceptors (Lipinski definition) is 3. The predicted octanol–water partition coefficient (Wildman–Crippen LogP) is 3.31. The molecule has 1 heterocycles. The van der Waals surface area contributed by atoms with Gasteiger partial charge in [0.2, 0.25) is 0 Å². The predicted molar refractivity (Wildman–Crippen MR) is 71.3 cm³/mol. The van der Waals surface area contributed by atoms with E-state index in [1.54, 1.807) is 0 Å². The Labute approximate surface area is 105 Å². The van der Waals surface area contributed by atoms with Crippen LogP contribution in [0.2, 0.25) is 0 Å². The van der Waals surface area contributed by atoms with Gasteiger partial charge in [-0.3, -0.25) is 0 Å². The van der Waals surface area contributed by atoms with Gasteiger partial charge in [0.15, 0.2) is 0 Å². The molecule has 1 rings (SSSR count). The van der Waals surface area contributed by atoms with Crippen molar-refractivity contribution >= 4 is 12.6 Å². The molecule has 2 nitrogen and oxygen atoms in total. The van der Waals surface area contributed by atoms with Gasteiger partial charge in [0.1, 0.15) is 0 Å². The lowest BCUT2D eigenvalue weighted by atomic mass is 9.83. The van der Waals surface area contributed by atoms with E-state index in [0.29, 0.717) is 0 Å². The molecule has 0 aromatic heterocycles. The number of thiol groups is 1. The molecule has 1 saturated heterocycles. The summed E-state index contributed by atoms with van der Waals surface area (Å²) in [7, 11) is 0. The third-order valence-corrected chi connectivity index (χ3v) is 4.11. The molecule has 1 aliphatic rings. The zero-order chi connectivity index (χ0) is 11.7. The molecule has 0 radical (unpaired) electrons. The van der Waals surface area contributed by atoms with Crippen molar-refractivity contribution in [3.05, 3.63) is 0 Å². The summed E-state index contributed by atoms with van der Waals surface area (Å²) in [5.41, 5.74) is 0.284. The van der Waals surface area contributed by atoms with Crippen molar-refractivity contribution in [1.82, 2.24) is 0 Å². The second-order valence-corrected chi connectivity index (χ2v) is 5.20. The number of hydrogen-bond donors (Lipinski definition) is 1. The molecule has 0 saturated carbocycles. The van der Waals surface area contributed by atoms with Crippen molar-refractivity contribution in [2.75, 3.05) is 32.2 Å². The van der Waals surface area contributed by atoms with Crippen molar-refractivity contribution in [2.45, 2.75) is 45.4 Å². The molecule has 0 aromatic carbocycles. The van der Waals surface area contributed by atoms with Crippen LogP contribution in [0.5, 0.6) is 0 Å². The fourth-order valence-corrected chi connectivity index (χ4v) is 2.48. The van der Waals surface area contributed by atoms with Gasteiger partial charge < -0.3 is 9.47 Å². The minimum absolute atomic E-state index is 0.284. The third-order valence-electron chi connectivity index (χ3n) is 3.44. The Bertz CT molecular complexity index is 167. The van der Waals surface area contributed by atoms with Crippen LogP contribution in [-0.4, -0.2) is 32.2 Å². The van der Waals surface area contributed by atoms with Gasteiger partial charge >= 0.3 is 0 Å². The van der Waals surface area contributed by atoms with Crippen LogP contribution in [0.15, 0.2) is 0 Å². The summed E-state index contributed by atoms with van der Waals surface area (Å²) >= 11 is 4.47. The molecule has 0 unspecified atom stereocenters. The fourth-order valence-electron chi connectivity index (χ4n) is 2.07. The molecule has 0 aliphatic carbocycles. The van der Waals surface area contributed by atoms with E-state index in [9.17, 15) is 0 Å². The first-order valence-corrected chi connectivity index (χ1v) is 7.22. The van der Waals surface area contributed by atoms with Gasteiger partial charge in [0.25, 0.3) is 0 Å². The Balaban J connectivity index is 2.08. The summed E-state index contributed by atoms with van der Waals surface area (Å²) in [6, 6.07) is 0. The molecule has 1 aliphatic heterocycles. The lowest BCUT2D eigenvalue weighted by Gasteiger charge is -2.35. The Morgan fingerprint density at radius 1 is 1.19 bits per heavy atom. The maximum Gasteiger partial charge on any atom is 0.0531 e. The van der Waals surface area contributed by atoms with Gasteiger partial charge in [-0.25, -0.2) is 0 Å². The molecule has 1 fully saturated rings. The highest BCUT2D eigenvalue weighted by Crippen LogP contribution is 2.32. The van der Waals surface area contributed by atoms with Crippen molar-refractivity contribution < 1.29 is 9.47 Å². The highest BCUT2D eigenvalue weighted by Gasteiger charge is 2.31. The normalized spacial score (nSPS) is 19.9. The topological polar surface area (TPSA) is 18.5 Å². The highest BCUT2D eigenvalue weighted by atomic mass is 32.1. The first-order valence-electron chi connectivity index (χ1n) is 6.59. The van der Waals surface area contributed by atoms with E-state index in [1.807, 2.05) is 0 Å². The zero-order valence-corrected chi connectivity index (χ0v) is 11.4. The van der Waals surface area contributed by atoms with Crippen LogP contribution in [0.4, 0.5) is 0 Å². The molecular formula is C13H26O2S. The molecule has 0 aromatic rings. The van der Waals surface area contributed by atoms with E-state index in [-0.39, 0.29) is 5.41 Å². The van der Waals surface area contributed by atoms with E-state index in [0.717, 1.165) is 45.0 Å². The summed E-state index contributed by atoms with van der Waals surface area (Å²) in [5.74, 6) is 0.922. The van der Waals surface area contributed by atoms with Crippen LogP contribution in [0.1, 0.15) is 45.4 Å². The van der Waals surface area contributed by atoms with Gasteiger partial charge in [-0.2, -0.15) is 12.6 Å². The van der Waals surface area contributed by atoms with Crippen molar-refractivity contribution in [1.29, 1.82) is 0 Å². The monoisotopic (exact) mass is 246 g/mol. The minimum Gasteiger partial charge on any atom is -0.381 e. The van der Waals surface area contributed by atoms with Crippen LogP contribution < -0.4 is 0 Å². The minimum atomic E-state index is 0.284. The van der Waals surface area contributed by atoms with Crippen LogP contribution in [0.25, 0.3) is 0 Å². The van der Waals surface area contributed by atoms with Gasteiger partial charge in [-0.05, 0) is 25.0 Å². The summed E-state index contributed by atoms with van der Waals surface area (Å²) < 4.78 is 11.2. The summed E-state index contributed by atoms with van der Waals surface area (Å²) in [5, 5.41) is 0. The maximum absolute atomic E-state index is 5.81. The Kier molecular flexibility index (Phi) is 7.50. The Morgan fingerprint density at radius 2 is 1.94 bits per heavy atom. The SMILES string of the molecule is CCCCCCOCC1(CS)CCOCC1. The zero-order valence-electron chi connectivity index (χ0n) is 10.5. The summed E-state index contributed by atoms with van der Waals surface area (Å²) in [4.78, 5) is 0. The molecule has 0 atom stereocenters. The number of ether oxygens (including phenoxy) is 2. The molecule has 16 heavy (non-hydrogen) atoms. The van der Waals surface area contributed by atoms with E-state index in [1.165, 1.54) is 25.7 Å². The van der Waals surface area contributed by atoms with E-state index in [2.05, 4.69) is 19.6 Å². The number of rotatable bonds is 8. The van der Waals surface area contributed by atoms with Crippen molar-refractivity contribution in [3.63, 3.8) is 0 Å². The molecule has 96 valence electrons. The van der Waals surface area contributed by atoms with Crippen molar-refractivity contribution in [3.8, 4) is 0 Å². The van der Waals surface area contributed by atoms with Crippen LogP contribution in [-0.2, 0) is 9.47 Å². The standard InChI is InChI=1S/C13H26O2S/c1-2-3-4-5-8-15-11-13(12-16)6-9-14-10-7-13/h16H,2-12H2,1H3. The smallest absolute Gasteiger partial charge is 0.0531 e. The number of unbranched alkanes of at least 4 members (excludes halogenated alkanes) is 3. The first kappa shape index (κ1) is 14.3. The maximum atomic E-state index is 5.81. The molecule has 0 amide bonds. The third kappa shape index (κ3) is 5.07. The van der Waals surface area contributed by atoms with Gasteiger partial charge in [-0.15, -0.1) is 0 Å². The van der Waals surface area contributed by atoms with Gasteiger partial charge in [-0.1, -0.05) is 26.2 Å². The molecule has 0 spiro atoms. The largest absolute Gasteiger partial charge is 0.381 e. The van der Waals surface area contributed by atoms with Gasteiger partial charge in [0, 0.05) is 25.2 Å². The van der Waals surface area contributed by atoms with Crippen LogP contribution >= 0.6 is 12.6 Å². The molecular weight excluding hydrogens is 220 g/mol. The highest BCUT2D eigenvalue weighted by molar-refractivity contribution is 7.80. The van der Waals surface area contributed by atoms with Gasteiger partial charge in [0.05, 0.1) is 6.61 Å². The average Bonchev–Trinajstić information content (AvgIpc) is 2.35. The van der Waals surface area contributed by atoms with Crippen molar-refractivity contribution in [2.24, 2.45) is 5.41 Å². The Hall–Kier alpha value is 0.270. The van der Waals surface area contributed by atoms with Crippen LogP contribution in [0, 0.1) is 5.41 Å². The second kappa shape index (κ2) is 8.37. The first-order chi connectivity index (χ1) is 7.83. The molecule has 3 heteroatoms. The molecule has 0 N–H and O–H groups in total. The van der Waals surface area contributed by atoms with E-state index < -0.39 is 0 Å². The van der Waals surface area contributed by atoms with E-state index >= 15 is 0 Å². The van der Waals surface area contributed by atoms with Crippen LogP contribution in [0.3, 0.4) is 0 Å². The lowest BCUT2D eigenvalue weighted by Crippen LogP contribution is -2.35. The fraction of sp³-hybridized carbons (Fsp3) is 1.00.